The Morgan fingerprint density at radius 1 is 1.21 bits per heavy atom. The van der Waals surface area contributed by atoms with E-state index in [1.807, 2.05) is 6.92 Å². The first kappa shape index (κ1) is 14.4. The molecule has 0 unspecified atom stereocenters. The molecule has 7 heteroatoms. The molecule has 0 aliphatic carbocycles. The molecule has 0 aliphatic heterocycles. The van der Waals surface area contributed by atoms with Gasteiger partial charge < -0.3 is 10.6 Å². The Balaban J connectivity index is 2.30. The second-order valence-electron chi connectivity index (χ2n) is 3.66. The third-order valence-corrected chi connectivity index (χ3v) is 3.62. The van der Waals surface area contributed by atoms with Gasteiger partial charge in [0.15, 0.2) is 0 Å². The normalized spacial score (nSPS) is 10.3. The van der Waals surface area contributed by atoms with E-state index in [1.54, 1.807) is 18.2 Å². The van der Waals surface area contributed by atoms with Gasteiger partial charge in [-0.2, -0.15) is 0 Å². The molecule has 0 aliphatic rings. The summed E-state index contributed by atoms with van der Waals surface area (Å²) in [5.41, 5.74) is 0.730. The van der Waals surface area contributed by atoms with Crippen molar-refractivity contribution >= 4 is 56.5 Å². The fourth-order valence-electron chi connectivity index (χ4n) is 1.47. The first-order valence-corrected chi connectivity index (χ1v) is 7.13. The van der Waals surface area contributed by atoms with Crippen molar-refractivity contribution in [1.82, 2.24) is 9.97 Å². The van der Waals surface area contributed by atoms with Gasteiger partial charge in [0.2, 0.25) is 0 Å². The van der Waals surface area contributed by atoms with Gasteiger partial charge in [0.1, 0.15) is 22.4 Å². The fraction of sp³-hybridized carbons (Fsp3) is 0.167. The maximum absolute atomic E-state index is 6.11. The van der Waals surface area contributed by atoms with Crippen LogP contribution in [0.3, 0.4) is 0 Å². The molecule has 2 N–H and O–H groups in total. The summed E-state index contributed by atoms with van der Waals surface area (Å²) in [6.45, 7) is 2.77. The minimum Gasteiger partial charge on any atom is -0.369 e. The highest BCUT2D eigenvalue weighted by atomic mass is 79.9. The summed E-state index contributed by atoms with van der Waals surface area (Å²) in [4.78, 5) is 8.32. The van der Waals surface area contributed by atoms with Gasteiger partial charge in [-0.3, -0.25) is 0 Å². The van der Waals surface area contributed by atoms with Crippen LogP contribution in [0.5, 0.6) is 0 Å². The lowest BCUT2D eigenvalue weighted by Crippen LogP contribution is -2.03. The van der Waals surface area contributed by atoms with Gasteiger partial charge >= 0.3 is 0 Å². The Morgan fingerprint density at radius 2 is 1.95 bits per heavy atom. The molecule has 100 valence electrons. The minimum absolute atomic E-state index is 0.531. The van der Waals surface area contributed by atoms with Gasteiger partial charge in [0.25, 0.3) is 0 Å². The van der Waals surface area contributed by atoms with Crippen LogP contribution in [-0.4, -0.2) is 16.5 Å². The van der Waals surface area contributed by atoms with E-state index in [9.17, 15) is 0 Å². The van der Waals surface area contributed by atoms with E-state index in [-0.39, 0.29) is 0 Å². The Kier molecular flexibility index (Phi) is 4.85. The van der Waals surface area contributed by atoms with Crippen LogP contribution in [0.4, 0.5) is 17.3 Å². The predicted molar refractivity (Wildman–Crippen MR) is 83.6 cm³/mol. The van der Waals surface area contributed by atoms with E-state index in [0.717, 1.165) is 22.5 Å². The summed E-state index contributed by atoms with van der Waals surface area (Å²) in [6.07, 6.45) is 1.48. The van der Waals surface area contributed by atoms with Gasteiger partial charge in [0, 0.05) is 11.6 Å². The van der Waals surface area contributed by atoms with Gasteiger partial charge in [0.05, 0.1) is 10.7 Å². The number of aromatic nitrogens is 2. The highest BCUT2D eigenvalue weighted by Gasteiger charge is 2.10. The Labute approximate surface area is 129 Å². The number of benzene rings is 1. The number of anilines is 3. The highest BCUT2D eigenvalue weighted by Crippen LogP contribution is 2.32. The van der Waals surface area contributed by atoms with Gasteiger partial charge in [-0.15, -0.1) is 0 Å². The zero-order chi connectivity index (χ0) is 13.8. The third kappa shape index (κ3) is 3.49. The predicted octanol–water partition coefficient (Wildman–Crippen LogP) is 4.72. The average Bonchev–Trinajstić information content (AvgIpc) is 2.37. The molecule has 0 saturated carbocycles. The van der Waals surface area contributed by atoms with E-state index in [4.69, 9.17) is 23.2 Å². The summed E-state index contributed by atoms with van der Waals surface area (Å²) in [5.74, 6) is 1.36. The van der Waals surface area contributed by atoms with Crippen molar-refractivity contribution in [3.05, 3.63) is 39.0 Å². The summed E-state index contributed by atoms with van der Waals surface area (Å²) in [5, 5.41) is 7.39. The average molecular weight is 362 g/mol. The summed E-state index contributed by atoms with van der Waals surface area (Å²) < 4.78 is 0.753. The second-order valence-corrected chi connectivity index (χ2v) is 5.30. The maximum Gasteiger partial charge on any atom is 0.150 e. The number of nitrogens with zero attached hydrogens (tertiary/aromatic N) is 2. The van der Waals surface area contributed by atoms with Crippen molar-refractivity contribution in [2.45, 2.75) is 6.92 Å². The van der Waals surface area contributed by atoms with E-state index in [1.165, 1.54) is 6.33 Å². The molecule has 4 nitrogen and oxygen atoms in total. The zero-order valence-electron chi connectivity index (χ0n) is 10.0. The topological polar surface area (TPSA) is 49.8 Å². The van der Waals surface area contributed by atoms with Crippen molar-refractivity contribution in [2.24, 2.45) is 0 Å². The number of nitrogens with one attached hydrogen (secondary N) is 2. The fourth-order valence-corrected chi connectivity index (χ4v) is 2.37. The molecule has 1 aromatic carbocycles. The van der Waals surface area contributed by atoms with Crippen molar-refractivity contribution in [1.29, 1.82) is 0 Å². The Bertz CT molecular complexity index is 592. The number of hydrogen-bond acceptors (Lipinski definition) is 4. The molecule has 19 heavy (non-hydrogen) atoms. The van der Waals surface area contributed by atoms with Crippen LogP contribution in [0.25, 0.3) is 0 Å². The first-order chi connectivity index (χ1) is 9.11. The third-order valence-electron chi connectivity index (χ3n) is 2.32. The van der Waals surface area contributed by atoms with Crippen LogP contribution >= 0.6 is 39.1 Å². The van der Waals surface area contributed by atoms with E-state index >= 15 is 0 Å². The molecule has 0 radical (unpaired) electrons. The van der Waals surface area contributed by atoms with Gasteiger partial charge in [-0.25, -0.2) is 9.97 Å². The monoisotopic (exact) mass is 360 g/mol. The highest BCUT2D eigenvalue weighted by molar-refractivity contribution is 9.10. The maximum atomic E-state index is 6.11. The van der Waals surface area contributed by atoms with Gasteiger partial charge in [-0.1, -0.05) is 23.2 Å². The van der Waals surface area contributed by atoms with Crippen molar-refractivity contribution < 1.29 is 0 Å². The molecule has 1 aromatic heterocycles. The lowest BCUT2D eigenvalue weighted by atomic mass is 10.3. The Morgan fingerprint density at radius 3 is 2.63 bits per heavy atom. The summed E-state index contributed by atoms with van der Waals surface area (Å²) >= 11 is 15.4. The molecule has 0 amide bonds. The van der Waals surface area contributed by atoms with Gasteiger partial charge in [-0.05, 0) is 41.1 Å². The number of rotatable bonds is 4. The molecule has 0 spiro atoms. The molecular weight excluding hydrogens is 351 g/mol. The van der Waals surface area contributed by atoms with Crippen molar-refractivity contribution in [3.63, 3.8) is 0 Å². The molecule has 0 saturated heterocycles. The SMILES string of the molecule is CCNc1ncnc(Nc2ccc(Cl)cc2Cl)c1Br. The minimum atomic E-state index is 0.531. The number of hydrogen-bond donors (Lipinski definition) is 2. The molecule has 0 bridgehead atoms. The van der Waals surface area contributed by atoms with Crippen LogP contribution in [0.2, 0.25) is 10.0 Å². The second kappa shape index (κ2) is 6.41. The molecule has 2 rings (SSSR count). The summed E-state index contributed by atoms with van der Waals surface area (Å²) in [6, 6.07) is 5.23. The number of halogens is 3. The van der Waals surface area contributed by atoms with Crippen LogP contribution in [-0.2, 0) is 0 Å². The Hall–Kier alpha value is -1.04. The smallest absolute Gasteiger partial charge is 0.150 e. The van der Waals surface area contributed by atoms with E-state index < -0.39 is 0 Å². The first-order valence-electron chi connectivity index (χ1n) is 5.58. The van der Waals surface area contributed by atoms with Crippen LogP contribution in [0, 0.1) is 0 Å². The standard InChI is InChI=1S/C12H11BrCl2N4/c1-2-16-11-10(13)12(18-6-17-11)19-9-4-3-7(14)5-8(9)15/h3-6H,2H2,1H3,(H2,16,17,18,19). The zero-order valence-corrected chi connectivity index (χ0v) is 13.1. The molecule has 2 aromatic rings. The van der Waals surface area contributed by atoms with Crippen molar-refractivity contribution in [3.8, 4) is 0 Å². The lowest BCUT2D eigenvalue weighted by molar-refractivity contribution is 1.10. The van der Waals surface area contributed by atoms with Crippen LogP contribution in [0.15, 0.2) is 29.0 Å². The van der Waals surface area contributed by atoms with E-state index in [0.29, 0.717) is 15.9 Å². The van der Waals surface area contributed by atoms with Crippen LogP contribution in [0.1, 0.15) is 6.92 Å². The molecule has 1 heterocycles. The molecular formula is C12H11BrCl2N4. The largest absolute Gasteiger partial charge is 0.369 e. The molecule has 0 atom stereocenters. The van der Waals surface area contributed by atoms with E-state index in [2.05, 4.69) is 36.5 Å². The quantitative estimate of drug-likeness (QED) is 0.827. The molecule has 0 fully saturated rings. The summed E-state index contributed by atoms with van der Waals surface area (Å²) in [7, 11) is 0. The lowest BCUT2D eigenvalue weighted by Gasteiger charge is -2.12. The van der Waals surface area contributed by atoms with Crippen LogP contribution < -0.4 is 10.6 Å². The van der Waals surface area contributed by atoms with Crippen molar-refractivity contribution in [2.75, 3.05) is 17.2 Å².